The van der Waals surface area contributed by atoms with Crippen molar-refractivity contribution in [3.8, 4) is 33.4 Å². The molecule has 0 radical (unpaired) electrons. The van der Waals surface area contributed by atoms with E-state index in [0.29, 0.717) is 13.2 Å². The van der Waals surface area contributed by atoms with Gasteiger partial charge < -0.3 is 18.6 Å². The predicted molar refractivity (Wildman–Crippen MR) is 161 cm³/mol. The summed E-state index contributed by atoms with van der Waals surface area (Å²) in [6, 6.07) is 38.0. The van der Waals surface area contributed by atoms with Crippen LogP contribution in [-0.2, 0) is 0 Å². The third-order valence-corrected chi connectivity index (χ3v) is 7.92. The second-order valence-electron chi connectivity index (χ2n) is 9.31. The lowest BCUT2D eigenvalue weighted by molar-refractivity contribution is 0.174. The minimum Gasteiger partial charge on any atom is -0.485 e. The molecule has 190 valence electrons. The Kier molecular flexibility index (Phi) is 6.11. The Labute approximate surface area is 230 Å². The van der Waals surface area contributed by atoms with Crippen LogP contribution in [0.5, 0.6) is 11.5 Å². The molecular weight excluding hydrogens is 500 g/mol. The Morgan fingerprint density at radius 2 is 1.21 bits per heavy atom. The van der Waals surface area contributed by atoms with Crippen molar-refractivity contribution in [2.24, 2.45) is 0 Å². The van der Waals surface area contributed by atoms with Crippen LogP contribution in [0.3, 0.4) is 0 Å². The lowest BCUT2D eigenvalue weighted by Crippen LogP contribution is -2.14. The van der Waals surface area contributed by atoms with Gasteiger partial charge in [0.2, 0.25) is 0 Å². The molecule has 1 aliphatic rings. The van der Waals surface area contributed by atoms with E-state index < -0.39 is 0 Å². The van der Waals surface area contributed by atoms with Crippen LogP contribution in [0.15, 0.2) is 133 Å². The first-order chi connectivity index (χ1) is 19.4. The van der Waals surface area contributed by atoms with Crippen molar-refractivity contribution < 1.29 is 9.47 Å². The van der Waals surface area contributed by atoms with E-state index in [4.69, 9.17) is 9.47 Å². The fourth-order valence-corrected chi connectivity index (χ4v) is 6.12. The van der Waals surface area contributed by atoms with E-state index in [2.05, 4.69) is 125 Å². The summed E-state index contributed by atoms with van der Waals surface area (Å²) in [5.41, 5.74) is 3.54. The second-order valence-corrected chi connectivity index (χ2v) is 10.2. The topological polar surface area (TPSA) is 28.3 Å². The maximum absolute atomic E-state index is 5.87. The third kappa shape index (κ3) is 4.37. The van der Waals surface area contributed by atoms with Crippen molar-refractivity contribution in [2.45, 2.75) is 0 Å². The third-order valence-electron chi connectivity index (χ3n) is 6.96. The smallest absolute Gasteiger partial charge is 0.181 e. The Hall–Kier alpha value is -4.74. The molecule has 0 atom stereocenters. The molecule has 0 saturated carbocycles. The maximum Gasteiger partial charge on any atom is 0.181 e. The molecule has 4 heterocycles. The summed E-state index contributed by atoms with van der Waals surface area (Å²) in [7, 11) is 0. The van der Waals surface area contributed by atoms with Gasteiger partial charge in [-0.15, -0.1) is 11.3 Å². The molecule has 0 unspecified atom stereocenters. The van der Waals surface area contributed by atoms with Gasteiger partial charge in [-0.25, -0.2) is 0 Å². The van der Waals surface area contributed by atoms with Crippen LogP contribution < -0.4 is 9.47 Å². The number of thiophene rings is 1. The number of fused-ring (bicyclic) bond motifs is 3. The van der Waals surface area contributed by atoms with Crippen molar-refractivity contribution in [1.29, 1.82) is 0 Å². The van der Waals surface area contributed by atoms with Crippen molar-refractivity contribution in [3.05, 3.63) is 133 Å². The standard InChI is InChI=1S/C20H15NO2S.C14H11N/c1-2-7-15-14(5-1)6-3-8-16(15)21-10-4-9-17(21)20-19-18(13-24-20)22-11-12-23-19;1-2-8-13-12(6-1)7-5-9-14(13)15-10-3-4-11-15/h1-10,13H,11-12H2;1-11H. The number of benzene rings is 4. The fraction of sp³-hybridized carbons (Fsp3) is 0.0588. The molecule has 0 saturated heterocycles. The zero-order chi connectivity index (χ0) is 26.0. The van der Waals surface area contributed by atoms with Gasteiger partial charge in [0.15, 0.2) is 11.5 Å². The van der Waals surface area contributed by atoms with Gasteiger partial charge >= 0.3 is 0 Å². The summed E-state index contributed by atoms with van der Waals surface area (Å²) in [5, 5.41) is 7.08. The van der Waals surface area contributed by atoms with Crippen LogP contribution in [0.1, 0.15) is 0 Å². The number of hydrogen-bond donors (Lipinski definition) is 0. The van der Waals surface area contributed by atoms with Gasteiger partial charge in [-0.2, -0.15) is 0 Å². The van der Waals surface area contributed by atoms with Crippen LogP contribution in [0, 0.1) is 0 Å². The van der Waals surface area contributed by atoms with Crippen LogP contribution in [0.2, 0.25) is 0 Å². The zero-order valence-corrected chi connectivity index (χ0v) is 22.1. The largest absolute Gasteiger partial charge is 0.485 e. The van der Waals surface area contributed by atoms with Crippen LogP contribution in [0.4, 0.5) is 0 Å². The van der Waals surface area contributed by atoms with E-state index in [1.165, 1.54) is 32.9 Å². The van der Waals surface area contributed by atoms with Crippen LogP contribution in [0.25, 0.3) is 43.5 Å². The normalized spacial score (nSPS) is 12.3. The van der Waals surface area contributed by atoms with Gasteiger partial charge in [0.05, 0.1) is 21.9 Å². The van der Waals surface area contributed by atoms with Gasteiger partial charge in [0.25, 0.3) is 0 Å². The molecule has 0 N–H and O–H groups in total. The quantitative estimate of drug-likeness (QED) is 0.230. The van der Waals surface area contributed by atoms with Gasteiger partial charge in [-0.05, 0) is 47.2 Å². The molecule has 0 bridgehead atoms. The summed E-state index contributed by atoms with van der Waals surface area (Å²) >= 11 is 1.67. The highest BCUT2D eigenvalue weighted by Gasteiger charge is 2.22. The van der Waals surface area contributed by atoms with Gasteiger partial charge in [0.1, 0.15) is 13.2 Å². The molecule has 4 aromatic carbocycles. The molecule has 5 heteroatoms. The summed E-state index contributed by atoms with van der Waals surface area (Å²) in [6.45, 7) is 1.22. The van der Waals surface area contributed by atoms with Crippen molar-refractivity contribution in [1.82, 2.24) is 9.13 Å². The predicted octanol–water partition coefficient (Wildman–Crippen LogP) is 8.76. The molecule has 8 rings (SSSR count). The molecule has 39 heavy (non-hydrogen) atoms. The van der Waals surface area contributed by atoms with E-state index in [1.807, 2.05) is 17.5 Å². The average Bonchev–Trinajstić information content (AvgIpc) is 3.78. The first-order valence-electron chi connectivity index (χ1n) is 13.0. The SMILES string of the molecule is c1ccc2c(-n3cccc3)cccc2c1.c1ccc2c(-n3cccc3-c3scc4c3OCCO4)cccc2c1. The van der Waals surface area contributed by atoms with Crippen molar-refractivity contribution in [3.63, 3.8) is 0 Å². The van der Waals surface area contributed by atoms with Gasteiger partial charge in [0, 0.05) is 34.7 Å². The second kappa shape index (κ2) is 10.2. The lowest BCUT2D eigenvalue weighted by Gasteiger charge is -2.17. The lowest BCUT2D eigenvalue weighted by atomic mass is 10.1. The molecule has 7 aromatic rings. The number of nitrogens with zero attached hydrogens (tertiary/aromatic N) is 2. The minimum absolute atomic E-state index is 0.603. The number of rotatable bonds is 3. The minimum atomic E-state index is 0.603. The molecule has 4 nitrogen and oxygen atoms in total. The fourth-order valence-electron chi connectivity index (χ4n) is 5.16. The van der Waals surface area contributed by atoms with Crippen molar-refractivity contribution in [2.75, 3.05) is 13.2 Å². The summed E-state index contributed by atoms with van der Waals surface area (Å²) < 4.78 is 15.9. The molecular formula is C34H26N2O2S. The number of hydrogen-bond acceptors (Lipinski definition) is 3. The summed E-state index contributed by atoms with van der Waals surface area (Å²) in [6.07, 6.45) is 6.25. The summed E-state index contributed by atoms with van der Waals surface area (Å²) in [5.74, 6) is 1.72. The first-order valence-corrected chi connectivity index (χ1v) is 13.9. The van der Waals surface area contributed by atoms with Gasteiger partial charge in [-0.3, -0.25) is 0 Å². The number of aromatic nitrogens is 2. The molecule has 0 fully saturated rings. The Morgan fingerprint density at radius 3 is 1.97 bits per heavy atom. The Morgan fingerprint density at radius 1 is 0.564 bits per heavy atom. The molecule has 3 aromatic heterocycles. The highest BCUT2D eigenvalue weighted by molar-refractivity contribution is 7.14. The summed E-state index contributed by atoms with van der Waals surface area (Å²) in [4.78, 5) is 1.11. The van der Waals surface area contributed by atoms with Crippen LogP contribution in [-0.4, -0.2) is 22.3 Å². The monoisotopic (exact) mass is 526 g/mol. The van der Waals surface area contributed by atoms with E-state index in [0.717, 1.165) is 22.1 Å². The zero-order valence-electron chi connectivity index (χ0n) is 21.2. The molecule has 1 aliphatic heterocycles. The van der Waals surface area contributed by atoms with E-state index >= 15 is 0 Å². The molecule has 0 spiro atoms. The van der Waals surface area contributed by atoms with E-state index in [9.17, 15) is 0 Å². The highest BCUT2D eigenvalue weighted by Crippen LogP contribution is 2.46. The van der Waals surface area contributed by atoms with Gasteiger partial charge in [-0.1, -0.05) is 72.8 Å². The number of ether oxygens (including phenoxy) is 2. The van der Waals surface area contributed by atoms with Crippen LogP contribution >= 0.6 is 11.3 Å². The van der Waals surface area contributed by atoms with Crippen molar-refractivity contribution >= 4 is 32.9 Å². The average molecular weight is 527 g/mol. The Bertz CT molecular complexity index is 1870. The Balaban J connectivity index is 0.000000145. The van der Waals surface area contributed by atoms with E-state index in [1.54, 1.807) is 11.3 Å². The molecule has 0 aliphatic carbocycles. The first kappa shape index (κ1) is 23.4. The molecule has 0 amide bonds. The highest BCUT2D eigenvalue weighted by atomic mass is 32.1. The van der Waals surface area contributed by atoms with E-state index in [-0.39, 0.29) is 0 Å². The maximum atomic E-state index is 5.87.